The van der Waals surface area contributed by atoms with Crippen LogP contribution in [0.15, 0.2) is 29.1 Å². The van der Waals surface area contributed by atoms with Gasteiger partial charge in [-0.1, -0.05) is 11.6 Å². The zero-order valence-electron chi connectivity index (χ0n) is 16.4. The van der Waals surface area contributed by atoms with Crippen LogP contribution >= 0.6 is 12.2 Å². The molecule has 2 aromatic rings. The monoisotopic (exact) mass is 390 g/mol. The van der Waals surface area contributed by atoms with Gasteiger partial charge in [-0.3, -0.25) is 4.79 Å². The van der Waals surface area contributed by atoms with Crippen LogP contribution in [0, 0.1) is 6.92 Å². The topological polar surface area (TPSA) is 71.6 Å². The molecule has 0 radical (unpaired) electrons. The van der Waals surface area contributed by atoms with Gasteiger partial charge in [0.2, 0.25) is 0 Å². The van der Waals surface area contributed by atoms with E-state index in [4.69, 9.17) is 12.2 Å². The van der Waals surface area contributed by atoms with E-state index in [2.05, 4.69) is 21.3 Å². The number of rotatable bonds is 9. The smallest absolute Gasteiger partial charge is 0.253 e. The molecule has 1 aromatic heterocycles. The molecule has 2 rings (SSSR count). The second-order valence-corrected chi connectivity index (χ2v) is 7.49. The number of hydrogen-bond donors (Lipinski definition) is 3. The van der Waals surface area contributed by atoms with Crippen LogP contribution in [-0.2, 0) is 6.54 Å². The average molecular weight is 391 g/mol. The summed E-state index contributed by atoms with van der Waals surface area (Å²) in [6.45, 7) is 4.90. The Morgan fingerprint density at radius 1 is 1.22 bits per heavy atom. The van der Waals surface area contributed by atoms with Crippen molar-refractivity contribution in [2.45, 2.75) is 26.3 Å². The predicted octanol–water partition coefficient (Wildman–Crippen LogP) is 1.85. The highest BCUT2D eigenvalue weighted by molar-refractivity contribution is 7.80. The lowest BCUT2D eigenvalue weighted by Gasteiger charge is -2.26. The van der Waals surface area contributed by atoms with Gasteiger partial charge in [0.25, 0.3) is 5.56 Å². The van der Waals surface area contributed by atoms with Gasteiger partial charge in [-0.05, 0) is 76.2 Å². The zero-order valence-corrected chi connectivity index (χ0v) is 17.2. The normalized spacial score (nSPS) is 11.1. The maximum absolute atomic E-state index is 12.5. The lowest BCUT2D eigenvalue weighted by molar-refractivity contribution is 0.264. The van der Waals surface area contributed by atoms with E-state index in [1.54, 1.807) is 0 Å². The minimum atomic E-state index is -0.101. The standard InChI is InChI=1S/C20H30N4O2S/c1-15-6-7-18-16(12-15)13-17(19(26)22-18)14-24(10-5-11-25)20(27)21-8-4-9-23(2)3/h6-7,12-13,25H,4-5,8-11,14H2,1-3H3,(H,21,27)(H,22,26). The molecule has 3 N–H and O–H groups in total. The van der Waals surface area contributed by atoms with Gasteiger partial charge in [-0.2, -0.15) is 0 Å². The summed E-state index contributed by atoms with van der Waals surface area (Å²) in [4.78, 5) is 19.5. The largest absolute Gasteiger partial charge is 0.396 e. The molecule has 1 aromatic carbocycles. The van der Waals surface area contributed by atoms with E-state index in [0.29, 0.717) is 30.2 Å². The van der Waals surface area contributed by atoms with Crippen molar-refractivity contribution in [1.29, 1.82) is 0 Å². The molecule has 0 aliphatic heterocycles. The Hall–Kier alpha value is -1.96. The highest BCUT2D eigenvalue weighted by atomic mass is 32.1. The molecule has 0 fully saturated rings. The molecule has 1 heterocycles. The molecule has 27 heavy (non-hydrogen) atoms. The summed E-state index contributed by atoms with van der Waals surface area (Å²) in [5.41, 5.74) is 2.55. The Morgan fingerprint density at radius 3 is 2.70 bits per heavy atom. The second kappa shape index (κ2) is 10.4. The van der Waals surface area contributed by atoms with Crippen LogP contribution < -0.4 is 10.9 Å². The number of aliphatic hydroxyl groups is 1. The number of aromatic amines is 1. The number of aryl methyl sites for hydroxylation is 1. The van der Waals surface area contributed by atoms with Gasteiger partial charge in [0.05, 0.1) is 6.54 Å². The first-order valence-electron chi connectivity index (χ1n) is 9.31. The average Bonchev–Trinajstić information content (AvgIpc) is 2.62. The number of thiocarbonyl (C=S) groups is 1. The Bertz CT molecular complexity index is 819. The molecule has 0 spiro atoms. The molecule has 7 heteroatoms. The Morgan fingerprint density at radius 2 is 2.00 bits per heavy atom. The third kappa shape index (κ3) is 6.61. The molecule has 0 aliphatic rings. The number of H-pyrrole nitrogens is 1. The first-order valence-corrected chi connectivity index (χ1v) is 9.72. The van der Waals surface area contributed by atoms with E-state index >= 15 is 0 Å². The van der Waals surface area contributed by atoms with Gasteiger partial charge in [0.15, 0.2) is 5.11 Å². The van der Waals surface area contributed by atoms with E-state index in [1.165, 1.54) is 0 Å². The van der Waals surface area contributed by atoms with Gasteiger partial charge >= 0.3 is 0 Å². The molecule has 148 valence electrons. The molecule has 0 saturated carbocycles. The van der Waals surface area contributed by atoms with E-state index in [9.17, 15) is 9.90 Å². The third-order valence-corrected chi connectivity index (χ3v) is 4.77. The first kappa shape index (κ1) is 21.3. The number of aromatic nitrogens is 1. The summed E-state index contributed by atoms with van der Waals surface area (Å²) < 4.78 is 0. The van der Waals surface area contributed by atoms with Crippen LogP contribution in [-0.4, -0.2) is 65.3 Å². The number of benzene rings is 1. The molecular formula is C20H30N4O2S. The van der Waals surface area contributed by atoms with Crippen molar-refractivity contribution in [3.05, 3.63) is 45.7 Å². The summed E-state index contributed by atoms with van der Waals surface area (Å²) >= 11 is 5.53. The van der Waals surface area contributed by atoms with E-state index < -0.39 is 0 Å². The van der Waals surface area contributed by atoms with Gasteiger partial charge in [-0.25, -0.2) is 0 Å². The fourth-order valence-corrected chi connectivity index (χ4v) is 3.17. The molecule has 0 bridgehead atoms. The molecule has 6 nitrogen and oxygen atoms in total. The minimum absolute atomic E-state index is 0.0903. The van der Waals surface area contributed by atoms with Crippen LogP contribution in [0.5, 0.6) is 0 Å². The molecule has 0 atom stereocenters. The van der Waals surface area contributed by atoms with Crippen LogP contribution in [0.3, 0.4) is 0 Å². The fraction of sp³-hybridized carbons (Fsp3) is 0.500. The Balaban J connectivity index is 2.12. The molecular weight excluding hydrogens is 360 g/mol. The molecule has 0 saturated heterocycles. The third-order valence-electron chi connectivity index (χ3n) is 4.37. The van der Waals surface area contributed by atoms with Gasteiger partial charge in [0.1, 0.15) is 0 Å². The summed E-state index contributed by atoms with van der Waals surface area (Å²) in [6, 6.07) is 7.90. The van der Waals surface area contributed by atoms with Crippen molar-refractivity contribution in [3.8, 4) is 0 Å². The predicted molar refractivity (Wildman–Crippen MR) is 115 cm³/mol. The Labute approximate surface area is 166 Å². The molecule has 0 aliphatic carbocycles. The van der Waals surface area contributed by atoms with Gasteiger partial charge < -0.3 is 25.2 Å². The fourth-order valence-electron chi connectivity index (χ4n) is 2.91. The van der Waals surface area contributed by atoms with E-state index in [0.717, 1.165) is 36.0 Å². The lowest BCUT2D eigenvalue weighted by atomic mass is 10.1. The van der Waals surface area contributed by atoms with Crippen molar-refractivity contribution in [2.24, 2.45) is 0 Å². The van der Waals surface area contributed by atoms with Crippen molar-refractivity contribution >= 4 is 28.2 Å². The number of nitrogens with one attached hydrogen (secondary N) is 2. The minimum Gasteiger partial charge on any atom is -0.396 e. The summed E-state index contributed by atoms with van der Waals surface area (Å²) in [6.07, 6.45) is 1.58. The van der Waals surface area contributed by atoms with Gasteiger partial charge in [0, 0.05) is 30.8 Å². The quantitative estimate of drug-likeness (QED) is 0.448. The number of aliphatic hydroxyl groups excluding tert-OH is 1. The van der Waals surface area contributed by atoms with E-state index in [1.807, 2.05) is 44.1 Å². The maximum atomic E-state index is 12.5. The highest BCUT2D eigenvalue weighted by Crippen LogP contribution is 2.14. The first-order chi connectivity index (χ1) is 12.9. The van der Waals surface area contributed by atoms with E-state index in [-0.39, 0.29) is 12.2 Å². The SMILES string of the molecule is Cc1ccc2[nH]c(=O)c(CN(CCCO)C(=S)NCCCN(C)C)cc2c1. The summed E-state index contributed by atoms with van der Waals surface area (Å²) in [7, 11) is 4.08. The second-order valence-electron chi connectivity index (χ2n) is 7.10. The molecule has 0 amide bonds. The highest BCUT2D eigenvalue weighted by Gasteiger charge is 2.13. The lowest BCUT2D eigenvalue weighted by Crippen LogP contribution is -2.41. The summed E-state index contributed by atoms with van der Waals surface area (Å²) in [5, 5.41) is 14.1. The Kier molecular flexibility index (Phi) is 8.22. The van der Waals surface area contributed by atoms with Crippen molar-refractivity contribution in [3.63, 3.8) is 0 Å². The zero-order chi connectivity index (χ0) is 19.8. The maximum Gasteiger partial charge on any atom is 0.253 e. The number of nitrogens with zero attached hydrogens (tertiary/aromatic N) is 2. The number of hydrogen-bond acceptors (Lipinski definition) is 4. The number of fused-ring (bicyclic) bond motifs is 1. The molecule has 0 unspecified atom stereocenters. The van der Waals surface area contributed by atoms with Crippen LogP contribution in [0.4, 0.5) is 0 Å². The van der Waals surface area contributed by atoms with Crippen LogP contribution in [0.1, 0.15) is 24.0 Å². The van der Waals surface area contributed by atoms with Crippen LogP contribution in [0.2, 0.25) is 0 Å². The van der Waals surface area contributed by atoms with Crippen molar-refractivity contribution < 1.29 is 5.11 Å². The number of pyridine rings is 1. The van der Waals surface area contributed by atoms with Crippen LogP contribution in [0.25, 0.3) is 10.9 Å². The van der Waals surface area contributed by atoms with Crippen molar-refractivity contribution in [1.82, 2.24) is 20.1 Å². The van der Waals surface area contributed by atoms with Crippen molar-refractivity contribution in [2.75, 3.05) is 40.3 Å². The van der Waals surface area contributed by atoms with Gasteiger partial charge in [-0.15, -0.1) is 0 Å². The summed E-state index contributed by atoms with van der Waals surface area (Å²) in [5.74, 6) is 0.